The summed E-state index contributed by atoms with van der Waals surface area (Å²) in [6.45, 7) is 10.4. The molecule has 9 heteroatoms. The van der Waals surface area contributed by atoms with Crippen LogP contribution in [0.1, 0.15) is 69.1 Å². The smallest absolute Gasteiger partial charge is 0.407 e. The van der Waals surface area contributed by atoms with Gasteiger partial charge < -0.3 is 20.2 Å². The van der Waals surface area contributed by atoms with Gasteiger partial charge in [-0.25, -0.2) is 4.79 Å². The highest BCUT2D eigenvalue weighted by Gasteiger charge is 2.16. The van der Waals surface area contributed by atoms with E-state index in [1.165, 1.54) is 4.73 Å². The first-order valence-corrected chi connectivity index (χ1v) is 12.1. The molecule has 1 aromatic heterocycles. The third kappa shape index (κ3) is 10.2. The molecule has 1 aromatic carbocycles. The molecule has 0 aliphatic rings. The fraction of sp³-hybridized carbons (Fsp3) is 0.538. The van der Waals surface area contributed by atoms with Gasteiger partial charge in [0.25, 0.3) is 0 Å². The highest BCUT2D eigenvalue weighted by atomic mass is 16.7. The molecule has 9 nitrogen and oxygen atoms in total. The lowest BCUT2D eigenvalue weighted by Gasteiger charge is -2.19. The topological polar surface area (TPSA) is 112 Å². The lowest BCUT2D eigenvalue weighted by molar-refractivity contribution is -0.121. The number of carbonyl (C=O) groups is 2. The first-order chi connectivity index (χ1) is 16.6. The number of benzene rings is 1. The molecule has 0 unspecified atom stereocenters. The number of nitrogens with one attached hydrogen (secondary N) is 2. The molecule has 2 rings (SSSR count). The predicted octanol–water partition coefficient (Wildman–Crippen LogP) is 3.23. The van der Waals surface area contributed by atoms with E-state index in [0.717, 1.165) is 24.8 Å². The first-order valence-electron chi connectivity index (χ1n) is 12.1. The Hall–Kier alpha value is -3.36. The third-order valence-electron chi connectivity index (χ3n) is 5.20. The van der Waals surface area contributed by atoms with Crippen LogP contribution in [0.5, 0.6) is 0 Å². The summed E-state index contributed by atoms with van der Waals surface area (Å²) in [5.41, 5.74) is 1.74. The Labute approximate surface area is 207 Å². The molecule has 0 saturated heterocycles. The number of amides is 2. The van der Waals surface area contributed by atoms with E-state index in [1.807, 2.05) is 58.0 Å². The minimum absolute atomic E-state index is 0.131. The van der Waals surface area contributed by atoms with Crippen molar-refractivity contribution in [3.8, 4) is 0 Å². The van der Waals surface area contributed by atoms with E-state index in [0.29, 0.717) is 30.2 Å². The average Bonchev–Trinajstić information content (AvgIpc) is 2.79. The van der Waals surface area contributed by atoms with E-state index in [-0.39, 0.29) is 30.9 Å². The molecular weight excluding hydrogens is 448 g/mol. The van der Waals surface area contributed by atoms with Crippen molar-refractivity contribution in [1.82, 2.24) is 20.3 Å². The molecule has 0 aliphatic carbocycles. The van der Waals surface area contributed by atoms with Gasteiger partial charge in [-0.3, -0.25) is 14.6 Å². The van der Waals surface area contributed by atoms with Gasteiger partial charge in [0.1, 0.15) is 17.9 Å². The molecule has 1 heterocycles. The van der Waals surface area contributed by atoms with E-state index in [4.69, 9.17) is 9.57 Å². The van der Waals surface area contributed by atoms with Crippen molar-refractivity contribution in [1.29, 1.82) is 0 Å². The second kappa shape index (κ2) is 13.5. The van der Waals surface area contributed by atoms with Gasteiger partial charge >= 0.3 is 11.7 Å². The standard InChI is InChI=1S/C26H38N4O5/c1-19-20(2)30(34-18-21-12-8-6-9-13-21)24(32)22(29-19)14-15-23(31)27-16-10-7-11-17-28-25(33)35-26(3,4)5/h6,8-9,12-13H,7,10-11,14-18H2,1-5H3,(H,27,31)(H,28,33). The summed E-state index contributed by atoms with van der Waals surface area (Å²) in [6, 6.07) is 9.60. The fourth-order valence-electron chi connectivity index (χ4n) is 3.26. The number of ether oxygens (including phenoxy) is 1. The number of unbranched alkanes of at least 4 members (excludes halogenated alkanes) is 2. The van der Waals surface area contributed by atoms with Gasteiger partial charge in [0.05, 0.1) is 11.4 Å². The highest BCUT2D eigenvalue weighted by Crippen LogP contribution is 2.07. The summed E-state index contributed by atoms with van der Waals surface area (Å²) in [5.74, 6) is -0.131. The number of nitrogens with zero attached hydrogens (tertiary/aromatic N) is 2. The van der Waals surface area contributed by atoms with E-state index < -0.39 is 11.7 Å². The molecule has 192 valence electrons. The van der Waals surface area contributed by atoms with Crippen LogP contribution in [0, 0.1) is 13.8 Å². The Balaban J connectivity index is 1.72. The Morgan fingerprint density at radius 1 is 1.00 bits per heavy atom. The summed E-state index contributed by atoms with van der Waals surface area (Å²) in [4.78, 5) is 46.8. The molecule has 0 bridgehead atoms. The molecule has 2 aromatic rings. The molecule has 0 fully saturated rings. The van der Waals surface area contributed by atoms with Crippen molar-refractivity contribution in [2.24, 2.45) is 0 Å². The van der Waals surface area contributed by atoms with Crippen LogP contribution < -0.4 is 21.0 Å². The van der Waals surface area contributed by atoms with Crippen molar-refractivity contribution in [3.05, 3.63) is 63.3 Å². The van der Waals surface area contributed by atoms with Crippen molar-refractivity contribution < 1.29 is 19.2 Å². The largest absolute Gasteiger partial charge is 0.444 e. The normalized spacial score (nSPS) is 11.1. The Bertz CT molecular complexity index is 1030. The van der Waals surface area contributed by atoms with Crippen LogP contribution in [-0.4, -0.2) is 40.4 Å². The van der Waals surface area contributed by atoms with Crippen LogP contribution in [0.2, 0.25) is 0 Å². The Kier molecular flexibility index (Phi) is 10.8. The van der Waals surface area contributed by atoms with Crippen molar-refractivity contribution in [3.63, 3.8) is 0 Å². The van der Waals surface area contributed by atoms with Gasteiger partial charge in [-0.1, -0.05) is 30.3 Å². The third-order valence-corrected chi connectivity index (χ3v) is 5.20. The van der Waals surface area contributed by atoms with E-state index >= 15 is 0 Å². The summed E-state index contributed by atoms with van der Waals surface area (Å²) in [6.07, 6.45) is 2.44. The van der Waals surface area contributed by atoms with Crippen molar-refractivity contribution in [2.45, 2.75) is 78.9 Å². The minimum atomic E-state index is -0.510. The molecule has 35 heavy (non-hydrogen) atoms. The van der Waals surface area contributed by atoms with Crippen LogP contribution in [-0.2, 0) is 22.6 Å². The van der Waals surface area contributed by atoms with Crippen LogP contribution in [0.3, 0.4) is 0 Å². The van der Waals surface area contributed by atoms with Crippen molar-refractivity contribution >= 4 is 12.0 Å². The molecule has 0 aliphatic heterocycles. The van der Waals surface area contributed by atoms with Gasteiger partial charge in [0.2, 0.25) is 5.91 Å². The number of hydrogen-bond acceptors (Lipinski definition) is 6. The second-order valence-corrected chi connectivity index (χ2v) is 9.43. The Morgan fingerprint density at radius 2 is 1.66 bits per heavy atom. The number of hydrogen-bond donors (Lipinski definition) is 2. The van der Waals surface area contributed by atoms with Gasteiger partial charge in [-0.05, 0) is 59.4 Å². The molecule has 0 spiro atoms. The van der Waals surface area contributed by atoms with E-state index in [2.05, 4.69) is 15.6 Å². The molecule has 0 atom stereocenters. The quantitative estimate of drug-likeness (QED) is 0.446. The summed E-state index contributed by atoms with van der Waals surface area (Å²) >= 11 is 0. The number of alkyl carbamates (subject to hydrolysis) is 1. The van der Waals surface area contributed by atoms with Crippen LogP contribution in [0.25, 0.3) is 0 Å². The van der Waals surface area contributed by atoms with Gasteiger partial charge in [0, 0.05) is 25.9 Å². The SMILES string of the molecule is Cc1nc(CCC(=O)NCCCCCNC(=O)OC(C)(C)C)c(=O)n(OCc2ccccc2)c1C. The van der Waals surface area contributed by atoms with E-state index in [9.17, 15) is 14.4 Å². The molecule has 0 saturated carbocycles. The maximum atomic E-state index is 12.9. The molecule has 2 amide bonds. The predicted molar refractivity (Wildman–Crippen MR) is 134 cm³/mol. The van der Waals surface area contributed by atoms with Crippen LogP contribution >= 0.6 is 0 Å². The minimum Gasteiger partial charge on any atom is -0.444 e. The molecule has 2 N–H and O–H groups in total. The highest BCUT2D eigenvalue weighted by molar-refractivity contribution is 5.76. The average molecular weight is 487 g/mol. The van der Waals surface area contributed by atoms with Crippen molar-refractivity contribution in [2.75, 3.05) is 13.1 Å². The van der Waals surface area contributed by atoms with Gasteiger partial charge in [-0.15, -0.1) is 4.73 Å². The Morgan fingerprint density at radius 3 is 2.31 bits per heavy atom. The zero-order valence-corrected chi connectivity index (χ0v) is 21.5. The first kappa shape index (κ1) is 27.9. The molecular formula is C26H38N4O5. The number of aryl methyl sites for hydroxylation is 2. The zero-order valence-electron chi connectivity index (χ0n) is 21.5. The summed E-state index contributed by atoms with van der Waals surface area (Å²) in [5, 5.41) is 5.59. The monoisotopic (exact) mass is 486 g/mol. The van der Waals surface area contributed by atoms with Crippen LogP contribution in [0.15, 0.2) is 35.1 Å². The number of rotatable bonds is 12. The number of carbonyl (C=O) groups excluding carboxylic acids is 2. The van der Waals surface area contributed by atoms with Crippen LogP contribution in [0.4, 0.5) is 4.79 Å². The summed E-state index contributed by atoms with van der Waals surface area (Å²) < 4.78 is 6.45. The number of aromatic nitrogens is 2. The van der Waals surface area contributed by atoms with Gasteiger partial charge in [0.15, 0.2) is 0 Å². The fourth-order valence-corrected chi connectivity index (χ4v) is 3.26. The zero-order chi connectivity index (χ0) is 25.8. The lowest BCUT2D eigenvalue weighted by atomic mass is 10.2. The molecule has 0 radical (unpaired) electrons. The van der Waals surface area contributed by atoms with E-state index in [1.54, 1.807) is 6.92 Å². The maximum absolute atomic E-state index is 12.9. The maximum Gasteiger partial charge on any atom is 0.407 e. The second-order valence-electron chi connectivity index (χ2n) is 9.43. The summed E-state index contributed by atoms with van der Waals surface area (Å²) in [7, 11) is 0. The van der Waals surface area contributed by atoms with Gasteiger partial charge in [-0.2, -0.15) is 0 Å². The lowest BCUT2D eigenvalue weighted by Crippen LogP contribution is -2.34.